The highest BCUT2D eigenvalue weighted by Gasteiger charge is 2.46. The second kappa shape index (κ2) is 8.88. The van der Waals surface area contributed by atoms with Crippen molar-refractivity contribution in [2.75, 3.05) is 44.7 Å². The summed E-state index contributed by atoms with van der Waals surface area (Å²) in [5.41, 5.74) is 1.78. The molecule has 0 radical (unpaired) electrons. The third-order valence-electron chi connectivity index (χ3n) is 5.72. The quantitative estimate of drug-likeness (QED) is 0.753. The van der Waals surface area contributed by atoms with Gasteiger partial charge in [-0.05, 0) is 12.5 Å². The van der Waals surface area contributed by atoms with E-state index in [0.29, 0.717) is 26.3 Å². The summed E-state index contributed by atoms with van der Waals surface area (Å²) in [4.78, 5) is 14.7. The van der Waals surface area contributed by atoms with Gasteiger partial charge in [-0.3, -0.25) is 9.69 Å². The summed E-state index contributed by atoms with van der Waals surface area (Å²) < 4.78 is 47.5. The summed E-state index contributed by atoms with van der Waals surface area (Å²) in [5, 5.41) is 9.86. The van der Waals surface area contributed by atoms with Crippen LogP contribution in [0.5, 0.6) is 0 Å². The Labute approximate surface area is 178 Å². The highest BCUT2D eigenvalue weighted by Crippen LogP contribution is 2.43. The number of benzene rings is 1. The smallest absolute Gasteiger partial charge is 0.379 e. The van der Waals surface area contributed by atoms with E-state index in [1.54, 1.807) is 0 Å². The van der Waals surface area contributed by atoms with E-state index in [1.165, 1.54) is 6.07 Å². The van der Waals surface area contributed by atoms with Crippen LogP contribution in [0.25, 0.3) is 0 Å². The van der Waals surface area contributed by atoms with E-state index in [4.69, 9.17) is 4.74 Å². The van der Waals surface area contributed by atoms with Crippen LogP contribution in [0.2, 0.25) is 0 Å². The van der Waals surface area contributed by atoms with Gasteiger partial charge in [0.2, 0.25) is 0 Å². The minimum atomic E-state index is -4.48. The zero-order valence-electron chi connectivity index (χ0n) is 17.3. The van der Waals surface area contributed by atoms with Crippen molar-refractivity contribution < 1.29 is 22.7 Å². The lowest BCUT2D eigenvalue weighted by atomic mass is 9.96. The minimum Gasteiger partial charge on any atom is -0.379 e. The summed E-state index contributed by atoms with van der Waals surface area (Å²) in [6.45, 7) is 5.89. The van der Waals surface area contributed by atoms with E-state index in [0.717, 1.165) is 28.9 Å². The Morgan fingerprint density at radius 3 is 2.65 bits per heavy atom. The van der Waals surface area contributed by atoms with Crippen LogP contribution in [0.15, 0.2) is 30.3 Å². The van der Waals surface area contributed by atoms with Crippen LogP contribution in [0.4, 0.5) is 19.0 Å². The Bertz CT molecular complexity index is 907. The fourth-order valence-electron chi connectivity index (χ4n) is 3.94. The maximum absolute atomic E-state index is 13.8. The van der Waals surface area contributed by atoms with Crippen LogP contribution in [-0.2, 0) is 4.74 Å². The van der Waals surface area contributed by atoms with E-state index in [2.05, 4.69) is 20.6 Å². The van der Waals surface area contributed by atoms with Crippen LogP contribution < -0.4 is 10.6 Å². The highest BCUT2D eigenvalue weighted by molar-refractivity contribution is 5.93. The van der Waals surface area contributed by atoms with Gasteiger partial charge < -0.3 is 15.4 Å². The molecule has 0 bridgehead atoms. The molecule has 1 aromatic heterocycles. The summed E-state index contributed by atoms with van der Waals surface area (Å²) in [6.07, 6.45) is -4.67. The number of ether oxygens (including phenoxy) is 1. The third-order valence-corrected chi connectivity index (χ3v) is 5.72. The number of nitrogens with one attached hydrogen (secondary N) is 2. The number of alkyl halides is 3. The Balaban J connectivity index is 1.48. The molecular formula is C21H26F3N5O2. The largest absolute Gasteiger partial charge is 0.410 e. The van der Waals surface area contributed by atoms with Gasteiger partial charge in [0, 0.05) is 38.7 Å². The van der Waals surface area contributed by atoms with Gasteiger partial charge in [-0.25, -0.2) is 4.68 Å². The fourth-order valence-corrected chi connectivity index (χ4v) is 3.94. The number of nitrogens with zero attached hydrogens (tertiary/aromatic N) is 3. The monoisotopic (exact) mass is 437 g/mol. The van der Waals surface area contributed by atoms with Gasteiger partial charge in [0.1, 0.15) is 5.82 Å². The number of hydrogen-bond acceptors (Lipinski definition) is 5. The van der Waals surface area contributed by atoms with Crippen molar-refractivity contribution in [3.8, 4) is 0 Å². The molecule has 1 amide bonds. The fraction of sp³-hybridized carbons (Fsp3) is 0.524. The molecule has 3 heterocycles. The molecule has 7 nitrogen and oxygen atoms in total. The van der Waals surface area contributed by atoms with Crippen molar-refractivity contribution >= 4 is 11.7 Å². The number of aromatic nitrogens is 2. The molecule has 2 aromatic rings. The summed E-state index contributed by atoms with van der Waals surface area (Å²) in [7, 11) is 0. The lowest BCUT2D eigenvalue weighted by Crippen LogP contribution is -2.41. The first-order valence-electron chi connectivity index (χ1n) is 10.4. The topological polar surface area (TPSA) is 71.4 Å². The molecule has 4 rings (SSSR count). The average Bonchev–Trinajstić information content (AvgIpc) is 3.18. The van der Waals surface area contributed by atoms with Gasteiger partial charge in [0.05, 0.1) is 19.3 Å². The molecule has 0 spiro atoms. The Hall–Kier alpha value is -2.59. The van der Waals surface area contributed by atoms with Crippen LogP contribution in [0.1, 0.15) is 40.1 Å². The lowest BCUT2D eigenvalue weighted by Gasteiger charge is -2.33. The van der Waals surface area contributed by atoms with Crippen molar-refractivity contribution in [1.82, 2.24) is 20.0 Å². The number of amides is 1. The predicted molar refractivity (Wildman–Crippen MR) is 109 cm³/mol. The minimum absolute atomic E-state index is 0.0247. The molecule has 31 heavy (non-hydrogen) atoms. The zero-order valence-corrected chi connectivity index (χ0v) is 17.3. The van der Waals surface area contributed by atoms with E-state index in [9.17, 15) is 18.0 Å². The first-order chi connectivity index (χ1) is 14.8. The number of rotatable bonds is 5. The third kappa shape index (κ3) is 5.01. The first-order valence-corrected chi connectivity index (χ1v) is 10.4. The SMILES string of the molecule is Cc1ccc([C@@H]2C[C@H](C(F)(F)F)n3nc(C(=O)NCCN4CCOCC4)cc3N2)cc1. The van der Waals surface area contributed by atoms with Gasteiger partial charge in [0.15, 0.2) is 11.7 Å². The van der Waals surface area contributed by atoms with Crippen LogP contribution in [0, 0.1) is 6.92 Å². The molecule has 2 N–H and O–H groups in total. The van der Waals surface area contributed by atoms with Gasteiger partial charge in [0.25, 0.3) is 5.91 Å². The Kier molecular flexibility index (Phi) is 6.19. The van der Waals surface area contributed by atoms with Crippen LogP contribution in [-0.4, -0.2) is 66.2 Å². The van der Waals surface area contributed by atoms with E-state index in [1.807, 2.05) is 31.2 Å². The van der Waals surface area contributed by atoms with E-state index < -0.39 is 24.2 Å². The van der Waals surface area contributed by atoms with Crippen molar-refractivity contribution in [3.63, 3.8) is 0 Å². The first kappa shape index (κ1) is 21.6. The molecule has 168 valence electrons. The normalized spacial score (nSPS) is 21.9. The molecule has 0 aliphatic carbocycles. The summed E-state index contributed by atoms with van der Waals surface area (Å²) in [6, 6.07) is 6.47. The predicted octanol–water partition coefficient (Wildman–Crippen LogP) is 2.91. The van der Waals surface area contributed by atoms with Gasteiger partial charge >= 0.3 is 6.18 Å². The molecule has 1 fully saturated rings. The second-order valence-corrected chi connectivity index (χ2v) is 7.97. The number of anilines is 1. The van der Waals surface area contributed by atoms with Crippen molar-refractivity contribution in [1.29, 1.82) is 0 Å². The number of morpholine rings is 1. The average molecular weight is 437 g/mol. The highest BCUT2D eigenvalue weighted by atomic mass is 19.4. The second-order valence-electron chi connectivity index (χ2n) is 7.97. The molecule has 0 unspecified atom stereocenters. The van der Waals surface area contributed by atoms with Gasteiger partial charge in [-0.15, -0.1) is 0 Å². The number of carbonyl (C=O) groups is 1. The number of aryl methyl sites for hydroxylation is 1. The molecule has 0 saturated carbocycles. The molecule has 10 heteroatoms. The van der Waals surface area contributed by atoms with Crippen molar-refractivity contribution in [2.24, 2.45) is 0 Å². The standard InChI is InChI=1S/C21H26F3N5O2/c1-14-2-4-15(5-3-14)16-12-18(21(22,23)24)29-19(26-16)13-17(27-29)20(30)25-6-7-28-8-10-31-11-9-28/h2-5,13,16,18,26H,6-12H2,1H3,(H,25,30)/t16-,18+/m0/s1. The molecule has 1 aromatic carbocycles. The van der Waals surface area contributed by atoms with Crippen LogP contribution in [0.3, 0.4) is 0 Å². The Morgan fingerprint density at radius 1 is 1.26 bits per heavy atom. The zero-order chi connectivity index (χ0) is 22.0. The van der Waals surface area contributed by atoms with Gasteiger partial charge in [-0.1, -0.05) is 29.8 Å². The van der Waals surface area contributed by atoms with Crippen LogP contribution >= 0.6 is 0 Å². The molecule has 2 aliphatic heterocycles. The number of hydrogen-bond donors (Lipinski definition) is 2. The summed E-state index contributed by atoms with van der Waals surface area (Å²) >= 11 is 0. The molecule has 2 atom stereocenters. The Morgan fingerprint density at radius 2 is 1.97 bits per heavy atom. The van der Waals surface area contributed by atoms with E-state index in [-0.39, 0.29) is 17.9 Å². The van der Waals surface area contributed by atoms with E-state index >= 15 is 0 Å². The molecular weight excluding hydrogens is 411 g/mol. The maximum atomic E-state index is 13.8. The number of carbonyl (C=O) groups excluding carboxylic acids is 1. The van der Waals surface area contributed by atoms with Gasteiger partial charge in [-0.2, -0.15) is 18.3 Å². The van der Waals surface area contributed by atoms with Crippen molar-refractivity contribution in [2.45, 2.75) is 31.6 Å². The maximum Gasteiger partial charge on any atom is 0.410 e. The number of fused-ring (bicyclic) bond motifs is 1. The molecule has 1 saturated heterocycles. The van der Waals surface area contributed by atoms with Crippen molar-refractivity contribution in [3.05, 3.63) is 47.2 Å². The lowest BCUT2D eigenvalue weighted by molar-refractivity contribution is -0.173. The number of halogens is 3. The molecule has 2 aliphatic rings. The summed E-state index contributed by atoms with van der Waals surface area (Å²) in [5.74, 6) is -0.290.